The van der Waals surface area contributed by atoms with Crippen molar-refractivity contribution in [2.45, 2.75) is 6.92 Å². The highest BCUT2D eigenvalue weighted by molar-refractivity contribution is 8.18. The van der Waals surface area contributed by atoms with Gasteiger partial charge in [0.05, 0.1) is 32.3 Å². The Morgan fingerprint density at radius 2 is 2.03 bits per heavy atom. The lowest BCUT2D eigenvalue weighted by Crippen LogP contribution is -2.19. The zero-order valence-electron chi connectivity index (χ0n) is 15.7. The van der Waals surface area contributed by atoms with Crippen molar-refractivity contribution < 1.29 is 14.3 Å². The molecule has 1 fully saturated rings. The molecule has 0 atom stereocenters. The van der Waals surface area contributed by atoms with Crippen molar-refractivity contribution in [2.24, 2.45) is 4.99 Å². The Bertz CT molecular complexity index is 1090. The molecule has 0 aromatic heterocycles. The van der Waals surface area contributed by atoms with E-state index in [0.29, 0.717) is 54.5 Å². The molecule has 1 saturated heterocycles. The number of aliphatic imine (C=N–C) groups is 1. The van der Waals surface area contributed by atoms with Gasteiger partial charge in [-0.3, -0.25) is 4.79 Å². The van der Waals surface area contributed by atoms with E-state index >= 15 is 0 Å². The molecular weight excluding hydrogens is 467 g/mol. The fraction of sp³-hybridized carbons (Fsp3) is 0.143. The van der Waals surface area contributed by atoms with Gasteiger partial charge in [-0.15, -0.1) is 6.42 Å². The van der Waals surface area contributed by atoms with E-state index in [-0.39, 0.29) is 12.5 Å². The topological polar surface area (TPSA) is 59.9 Å². The second kappa shape index (κ2) is 10.1. The lowest BCUT2D eigenvalue weighted by molar-refractivity contribution is -0.115. The fourth-order valence-electron chi connectivity index (χ4n) is 2.51. The number of amidine groups is 1. The van der Waals surface area contributed by atoms with Crippen LogP contribution in [-0.2, 0) is 4.79 Å². The van der Waals surface area contributed by atoms with E-state index < -0.39 is 0 Å². The molecule has 2 aromatic rings. The summed E-state index contributed by atoms with van der Waals surface area (Å²) in [6.45, 7) is 2.31. The van der Waals surface area contributed by atoms with E-state index in [4.69, 9.17) is 50.7 Å². The molecule has 0 saturated carbocycles. The summed E-state index contributed by atoms with van der Waals surface area (Å²) >= 11 is 19.7. The molecule has 0 bridgehead atoms. The SMILES string of the molecule is C#CCOc1c(Cl)cc(/C=C2/SC(=Nc3cccc(Cl)c3Cl)NC2=O)cc1OCC. The highest BCUT2D eigenvalue weighted by Crippen LogP contribution is 2.39. The third-order valence-electron chi connectivity index (χ3n) is 3.73. The van der Waals surface area contributed by atoms with Crippen molar-refractivity contribution >= 4 is 69.4 Å². The molecule has 2 aromatic carbocycles. The number of thioether (sulfide) groups is 1. The minimum atomic E-state index is -0.293. The highest BCUT2D eigenvalue weighted by Gasteiger charge is 2.24. The van der Waals surface area contributed by atoms with Crippen LogP contribution in [0.2, 0.25) is 15.1 Å². The van der Waals surface area contributed by atoms with E-state index in [9.17, 15) is 4.79 Å². The van der Waals surface area contributed by atoms with Crippen LogP contribution >= 0.6 is 46.6 Å². The average molecular weight is 482 g/mol. The second-order valence-corrected chi connectivity index (χ2v) is 8.03. The first-order chi connectivity index (χ1) is 14.4. The molecule has 9 heteroatoms. The van der Waals surface area contributed by atoms with Gasteiger partial charge < -0.3 is 14.8 Å². The van der Waals surface area contributed by atoms with Crippen LogP contribution in [0.5, 0.6) is 11.5 Å². The van der Waals surface area contributed by atoms with Crippen molar-refractivity contribution in [1.29, 1.82) is 0 Å². The predicted molar refractivity (Wildman–Crippen MR) is 124 cm³/mol. The summed E-state index contributed by atoms with van der Waals surface area (Å²) in [5.41, 5.74) is 1.13. The van der Waals surface area contributed by atoms with Gasteiger partial charge in [-0.2, -0.15) is 0 Å². The molecule has 1 aliphatic rings. The van der Waals surface area contributed by atoms with Crippen LogP contribution in [0.15, 0.2) is 40.2 Å². The zero-order valence-corrected chi connectivity index (χ0v) is 18.8. The molecule has 1 aliphatic heterocycles. The van der Waals surface area contributed by atoms with Crippen LogP contribution in [0.3, 0.4) is 0 Å². The summed E-state index contributed by atoms with van der Waals surface area (Å²) in [6.07, 6.45) is 6.93. The van der Waals surface area contributed by atoms with Gasteiger partial charge in [0.15, 0.2) is 16.7 Å². The molecule has 3 rings (SSSR count). The number of carbonyl (C=O) groups excluding carboxylic acids is 1. The first-order valence-electron chi connectivity index (χ1n) is 8.69. The fourth-order valence-corrected chi connectivity index (χ4v) is 3.95. The number of nitrogens with one attached hydrogen (secondary N) is 1. The Morgan fingerprint density at radius 3 is 2.77 bits per heavy atom. The van der Waals surface area contributed by atoms with Crippen molar-refractivity contribution in [1.82, 2.24) is 5.32 Å². The number of hydrogen-bond donors (Lipinski definition) is 1. The summed E-state index contributed by atoms with van der Waals surface area (Å²) in [5.74, 6) is 2.90. The van der Waals surface area contributed by atoms with E-state index in [1.54, 1.807) is 36.4 Å². The Hall–Kier alpha value is -2.30. The van der Waals surface area contributed by atoms with Crippen molar-refractivity contribution in [3.63, 3.8) is 0 Å². The summed E-state index contributed by atoms with van der Waals surface area (Å²) in [7, 11) is 0. The first kappa shape index (κ1) is 22.4. The Morgan fingerprint density at radius 1 is 1.23 bits per heavy atom. The molecule has 0 unspecified atom stereocenters. The number of halogens is 3. The maximum absolute atomic E-state index is 12.4. The number of ether oxygens (including phenoxy) is 2. The molecule has 0 radical (unpaired) electrons. The van der Waals surface area contributed by atoms with Crippen LogP contribution in [0, 0.1) is 12.3 Å². The van der Waals surface area contributed by atoms with Crippen molar-refractivity contribution in [2.75, 3.05) is 13.2 Å². The standard InChI is InChI=1S/C21H15Cl3N2O3S/c1-3-8-29-19-14(23)9-12(10-16(19)28-4-2)11-17-20(27)26-21(30-17)25-15-7-5-6-13(22)18(15)24/h1,5-7,9-11H,4,8H2,2H3,(H,25,26,27)/b17-11+. The number of nitrogens with zero attached hydrogens (tertiary/aromatic N) is 1. The lowest BCUT2D eigenvalue weighted by Gasteiger charge is -2.13. The lowest BCUT2D eigenvalue weighted by atomic mass is 10.2. The highest BCUT2D eigenvalue weighted by atomic mass is 35.5. The van der Waals surface area contributed by atoms with Gasteiger partial charge in [0, 0.05) is 0 Å². The number of amides is 1. The van der Waals surface area contributed by atoms with Gasteiger partial charge in [0.2, 0.25) is 0 Å². The van der Waals surface area contributed by atoms with Gasteiger partial charge in [-0.1, -0.05) is 46.8 Å². The normalized spacial score (nSPS) is 15.9. The molecule has 5 nitrogen and oxygen atoms in total. The third-order valence-corrected chi connectivity index (χ3v) is 5.73. The predicted octanol–water partition coefficient (Wildman–Crippen LogP) is 5.95. The Kier molecular flexibility index (Phi) is 7.57. The summed E-state index contributed by atoms with van der Waals surface area (Å²) in [6, 6.07) is 8.49. The van der Waals surface area contributed by atoms with Crippen molar-refractivity contribution in [3.05, 3.63) is 55.9 Å². The second-order valence-electron chi connectivity index (χ2n) is 5.81. The molecule has 0 aliphatic carbocycles. The average Bonchev–Trinajstić information content (AvgIpc) is 3.04. The Balaban J connectivity index is 1.89. The quantitative estimate of drug-likeness (QED) is 0.409. The summed E-state index contributed by atoms with van der Waals surface area (Å²) in [4.78, 5) is 17.2. The number of hydrogen-bond acceptors (Lipinski definition) is 5. The summed E-state index contributed by atoms with van der Waals surface area (Å²) in [5, 5.41) is 4.12. The molecular formula is C21H15Cl3N2O3S. The van der Waals surface area contributed by atoms with Crippen LogP contribution < -0.4 is 14.8 Å². The molecule has 154 valence electrons. The van der Waals surface area contributed by atoms with E-state index in [1.807, 2.05) is 6.92 Å². The number of benzene rings is 2. The largest absolute Gasteiger partial charge is 0.490 e. The van der Waals surface area contributed by atoms with Crippen LogP contribution in [0.4, 0.5) is 5.69 Å². The number of carbonyl (C=O) groups is 1. The molecule has 1 N–H and O–H groups in total. The third kappa shape index (κ3) is 5.24. The maximum Gasteiger partial charge on any atom is 0.264 e. The number of terminal acetylenes is 1. The van der Waals surface area contributed by atoms with Gasteiger partial charge >= 0.3 is 0 Å². The zero-order chi connectivity index (χ0) is 21.7. The van der Waals surface area contributed by atoms with Gasteiger partial charge in [-0.05, 0) is 54.6 Å². The van der Waals surface area contributed by atoms with Crippen LogP contribution in [-0.4, -0.2) is 24.3 Å². The van der Waals surface area contributed by atoms with E-state index in [1.165, 1.54) is 11.8 Å². The van der Waals surface area contributed by atoms with E-state index in [0.717, 1.165) is 0 Å². The maximum atomic E-state index is 12.4. The van der Waals surface area contributed by atoms with Crippen LogP contribution in [0.1, 0.15) is 12.5 Å². The molecule has 0 spiro atoms. The Labute approximate surface area is 193 Å². The van der Waals surface area contributed by atoms with Gasteiger partial charge in [-0.25, -0.2) is 4.99 Å². The van der Waals surface area contributed by atoms with Crippen LogP contribution in [0.25, 0.3) is 6.08 Å². The van der Waals surface area contributed by atoms with Crippen molar-refractivity contribution in [3.8, 4) is 23.8 Å². The smallest absolute Gasteiger partial charge is 0.264 e. The molecule has 1 amide bonds. The van der Waals surface area contributed by atoms with Gasteiger partial charge in [0.1, 0.15) is 6.61 Å². The summed E-state index contributed by atoms with van der Waals surface area (Å²) < 4.78 is 11.1. The minimum Gasteiger partial charge on any atom is -0.490 e. The van der Waals surface area contributed by atoms with E-state index in [2.05, 4.69) is 16.2 Å². The molecule has 30 heavy (non-hydrogen) atoms. The first-order valence-corrected chi connectivity index (χ1v) is 10.6. The minimum absolute atomic E-state index is 0.0599. The monoisotopic (exact) mass is 480 g/mol. The van der Waals surface area contributed by atoms with Gasteiger partial charge in [0.25, 0.3) is 5.91 Å². The number of rotatable bonds is 6. The molecule has 1 heterocycles.